The molecule has 0 amide bonds. The summed E-state index contributed by atoms with van der Waals surface area (Å²) in [6.07, 6.45) is 0.663. The highest BCUT2D eigenvalue weighted by atomic mass is 16.3. The number of aromatic nitrogens is 1. The molecule has 2 N–H and O–H groups in total. The lowest BCUT2D eigenvalue weighted by Gasteiger charge is -2.35. The minimum Gasteiger partial charge on any atom is -0.393 e. The van der Waals surface area contributed by atoms with Gasteiger partial charge in [-0.1, -0.05) is 13.0 Å². The van der Waals surface area contributed by atoms with Crippen molar-refractivity contribution < 1.29 is 5.11 Å². The predicted octanol–water partition coefficient (Wildman–Crippen LogP) is 1.33. The van der Waals surface area contributed by atoms with E-state index in [1.165, 1.54) is 0 Å². The van der Waals surface area contributed by atoms with Gasteiger partial charge >= 0.3 is 0 Å². The van der Waals surface area contributed by atoms with Crippen LogP contribution in [0.2, 0.25) is 0 Å². The fraction of sp³-hybridized carbons (Fsp3) is 0.583. The zero-order valence-corrected chi connectivity index (χ0v) is 9.85. The van der Waals surface area contributed by atoms with Gasteiger partial charge in [0.15, 0.2) is 0 Å². The van der Waals surface area contributed by atoms with Crippen LogP contribution < -0.4 is 10.2 Å². The van der Waals surface area contributed by atoms with Crippen LogP contribution in [0.3, 0.4) is 0 Å². The summed E-state index contributed by atoms with van der Waals surface area (Å²) >= 11 is 0. The third-order valence-corrected chi connectivity index (χ3v) is 3.17. The minimum absolute atomic E-state index is 0.163. The number of hydrogen-bond donors (Lipinski definition) is 2. The molecule has 16 heavy (non-hydrogen) atoms. The van der Waals surface area contributed by atoms with Gasteiger partial charge in [-0.15, -0.1) is 0 Å². The molecule has 1 saturated heterocycles. The summed E-state index contributed by atoms with van der Waals surface area (Å²) in [4.78, 5) is 6.74. The van der Waals surface area contributed by atoms with Gasteiger partial charge in [-0.05, 0) is 24.5 Å². The molecule has 1 aliphatic heterocycles. The summed E-state index contributed by atoms with van der Waals surface area (Å²) in [5, 5.41) is 12.7. The van der Waals surface area contributed by atoms with Crippen molar-refractivity contribution in [1.82, 2.24) is 4.98 Å². The number of pyridine rings is 1. The van der Waals surface area contributed by atoms with Gasteiger partial charge in [0.2, 0.25) is 0 Å². The van der Waals surface area contributed by atoms with Crippen molar-refractivity contribution in [2.75, 3.05) is 30.4 Å². The Morgan fingerprint density at radius 2 is 2.31 bits per heavy atom. The van der Waals surface area contributed by atoms with Crippen LogP contribution in [-0.2, 0) is 0 Å². The Morgan fingerprint density at radius 1 is 1.50 bits per heavy atom. The average molecular weight is 221 g/mol. The van der Waals surface area contributed by atoms with E-state index in [4.69, 9.17) is 0 Å². The highest BCUT2D eigenvalue weighted by Crippen LogP contribution is 2.22. The Balaban J connectivity index is 2.12. The van der Waals surface area contributed by atoms with Gasteiger partial charge < -0.3 is 15.3 Å². The predicted molar refractivity (Wildman–Crippen MR) is 65.8 cm³/mol. The molecule has 0 saturated carbocycles. The summed E-state index contributed by atoms with van der Waals surface area (Å²) in [5.74, 6) is 2.19. The lowest BCUT2D eigenvalue weighted by atomic mass is 9.97. The van der Waals surface area contributed by atoms with E-state index in [1.807, 2.05) is 25.2 Å². The third-order valence-electron chi connectivity index (χ3n) is 3.17. The number of nitrogens with one attached hydrogen (secondary N) is 1. The van der Waals surface area contributed by atoms with Crippen LogP contribution in [-0.4, -0.2) is 36.3 Å². The quantitative estimate of drug-likeness (QED) is 0.791. The standard InChI is InChI=1S/C12H19N3O/c1-9-8-15(7-6-10(9)16)12-5-3-4-11(13-2)14-12/h3-5,9-10,16H,6-8H2,1-2H3,(H,13,14). The number of aliphatic hydroxyl groups excluding tert-OH is 1. The van der Waals surface area contributed by atoms with Gasteiger partial charge in [0.25, 0.3) is 0 Å². The fourth-order valence-electron chi connectivity index (χ4n) is 2.08. The molecule has 0 bridgehead atoms. The summed E-state index contributed by atoms with van der Waals surface area (Å²) in [6, 6.07) is 5.97. The molecule has 1 aromatic rings. The maximum Gasteiger partial charge on any atom is 0.130 e. The zero-order valence-electron chi connectivity index (χ0n) is 9.85. The topological polar surface area (TPSA) is 48.4 Å². The van der Waals surface area contributed by atoms with Crippen molar-refractivity contribution in [2.24, 2.45) is 5.92 Å². The molecular weight excluding hydrogens is 202 g/mol. The number of anilines is 2. The van der Waals surface area contributed by atoms with Gasteiger partial charge in [0.1, 0.15) is 11.6 Å². The van der Waals surface area contributed by atoms with Crippen molar-refractivity contribution in [1.29, 1.82) is 0 Å². The van der Waals surface area contributed by atoms with E-state index in [9.17, 15) is 5.11 Å². The molecule has 0 aromatic carbocycles. The largest absolute Gasteiger partial charge is 0.393 e. The first-order valence-corrected chi connectivity index (χ1v) is 5.78. The molecule has 1 aromatic heterocycles. The maximum absolute atomic E-state index is 9.68. The van der Waals surface area contributed by atoms with Crippen LogP contribution in [0.15, 0.2) is 18.2 Å². The van der Waals surface area contributed by atoms with Crippen LogP contribution in [0.5, 0.6) is 0 Å². The monoisotopic (exact) mass is 221 g/mol. The van der Waals surface area contributed by atoms with Crippen molar-refractivity contribution >= 4 is 11.6 Å². The van der Waals surface area contributed by atoms with Crippen molar-refractivity contribution in [3.8, 4) is 0 Å². The number of aliphatic hydroxyl groups is 1. The highest BCUT2D eigenvalue weighted by Gasteiger charge is 2.24. The molecule has 4 heteroatoms. The molecule has 0 aliphatic carbocycles. The molecular formula is C12H19N3O. The lowest BCUT2D eigenvalue weighted by molar-refractivity contribution is 0.0969. The van der Waals surface area contributed by atoms with Crippen LogP contribution in [0.25, 0.3) is 0 Å². The fourth-order valence-corrected chi connectivity index (χ4v) is 2.08. The summed E-state index contributed by atoms with van der Waals surface area (Å²) in [5.41, 5.74) is 0. The van der Waals surface area contributed by atoms with Gasteiger partial charge in [0, 0.05) is 20.1 Å². The highest BCUT2D eigenvalue weighted by molar-refractivity contribution is 5.47. The van der Waals surface area contributed by atoms with E-state index in [2.05, 4.69) is 22.1 Å². The maximum atomic E-state index is 9.68. The van der Waals surface area contributed by atoms with Gasteiger partial charge in [-0.2, -0.15) is 0 Å². The Labute approximate surface area is 96.3 Å². The van der Waals surface area contributed by atoms with E-state index < -0.39 is 0 Å². The Kier molecular flexibility index (Phi) is 3.29. The van der Waals surface area contributed by atoms with Crippen molar-refractivity contribution in [2.45, 2.75) is 19.4 Å². The van der Waals surface area contributed by atoms with E-state index in [1.54, 1.807) is 0 Å². The zero-order chi connectivity index (χ0) is 11.5. The van der Waals surface area contributed by atoms with Gasteiger partial charge in [-0.3, -0.25) is 0 Å². The molecule has 2 rings (SSSR count). The normalized spacial score (nSPS) is 25.6. The smallest absolute Gasteiger partial charge is 0.130 e. The Morgan fingerprint density at radius 3 is 3.00 bits per heavy atom. The lowest BCUT2D eigenvalue weighted by Crippen LogP contribution is -2.42. The molecule has 1 fully saturated rings. The first-order valence-electron chi connectivity index (χ1n) is 5.78. The molecule has 2 unspecified atom stereocenters. The molecule has 2 atom stereocenters. The summed E-state index contributed by atoms with van der Waals surface area (Å²) in [6.45, 7) is 3.84. The molecule has 88 valence electrons. The third kappa shape index (κ3) is 2.27. The van der Waals surface area contributed by atoms with Crippen molar-refractivity contribution in [3.63, 3.8) is 0 Å². The second kappa shape index (κ2) is 4.70. The minimum atomic E-state index is -0.163. The van der Waals surface area contributed by atoms with Crippen molar-refractivity contribution in [3.05, 3.63) is 18.2 Å². The molecule has 0 spiro atoms. The van der Waals surface area contributed by atoms with Gasteiger partial charge in [0.05, 0.1) is 6.10 Å². The average Bonchev–Trinajstić information content (AvgIpc) is 2.33. The molecule has 0 radical (unpaired) electrons. The van der Waals surface area contributed by atoms with Crippen LogP contribution in [0.1, 0.15) is 13.3 Å². The number of rotatable bonds is 2. The summed E-state index contributed by atoms with van der Waals surface area (Å²) < 4.78 is 0. The SMILES string of the molecule is CNc1cccc(N2CCC(O)C(C)C2)n1. The Hall–Kier alpha value is -1.29. The number of hydrogen-bond acceptors (Lipinski definition) is 4. The summed E-state index contributed by atoms with van der Waals surface area (Å²) in [7, 11) is 1.87. The van der Waals surface area contributed by atoms with E-state index in [0.717, 1.165) is 31.1 Å². The molecule has 1 aliphatic rings. The van der Waals surface area contributed by atoms with E-state index >= 15 is 0 Å². The Bertz CT molecular complexity index is 356. The molecule has 2 heterocycles. The van der Waals surface area contributed by atoms with E-state index in [0.29, 0.717) is 5.92 Å². The van der Waals surface area contributed by atoms with Crippen LogP contribution >= 0.6 is 0 Å². The first kappa shape index (κ1) is 11.2. The number of piperidine rings is 1. The van der Waals surface area contributed by atoms with Gasteiger partial charge in [-0.25, -0.2) is 4.98 Å². The van der Waals surface area contributed by atoms with E-state index in [-0.39, 0.29) is 6.10 Å². The first-order chi connectivity index (χ1) is 7.70. The van der Waals surface area contributed by atoms with Crippen LogP contribution in [0.4, 0.5) is 11.6 Å². The second-order valence-electron chi connectivity index (χ2n) is 4.41. The second-order valence-corrected chi connectivity index (χ2v) is 4.41. The number of nitrogens with zero attached hydrogens (tertiary/aromatic N) is 2. The molecule has 4 nitrogen and oxygen atoms in total. The van der Waals surface area contributed by atoms with Crippen LogP contribution in [0, 0.1) is 5.92 Å².